The fourth-order valence-corrected chi connectivity index (χ4v) is 4.36. The zero-order chi connectivity index (χ0) is 25.7. The summed E-state index contributed by atoms with van der Waals surface area (Å²) in [6.07, 6.45) is 3.99. The molecule has 0 fully saturated rings. The number of allylic oxidation sites excluding steroid dienone is 2. The Bertz CT molecular complexity index is 1380. The Morgan fingerprint density at radius 1 is 1.20 bits per heavy atom. The third-order valence-electron chi connectivity index (χ3n) is 6.53. The molecule has 35 heavy (non-hydrogen) atoms. The van der Waals surface area contributed by atoms with Gasteiger partial charge in [0.1, 0.15) is 17.2 Å². The van der Waals surface area contributed by atoms with E-state index in [1.807, 2.05) is 24.6 Å². The summed E-state index contributed by atoms with van der Waals surface area (Å²) >= 11 is 0. The van der Waals surface area contributed by atoms with Crippen LogP contribution in [0.2, 0.25) is 0 Å². The highest BCUT2D eigenvalue weighted by Gasteiger charge is 2.29. The van der Waals surface area contributed by atoms with Crippen molar-refractivity contribution in [3.05, 3.63) is 64.2 Å². The number of hydrogen-bond donors (Lipinski definition) is 0. The van der Waals surface area contributed by atoms with E-state index >= 15 is 0 Å². The van der Waals surface area contributed by atoms with Crippen molar-refractivity contribution in [3.63, 3.8) is 0 Å². The minimum atomic E-state index is -0.734. The number of rotatable bonds is 4. The molecule has 0 N–H and O–H groups in total. The monoisotopic (exact) mass is 477 g/mol. The predicted molar refractivity (Wildman–Crippen MR) is 135 cm³/mol. The molecule has 0 radical (unpaired) electrons. The molecule has 1 aliphatic rings. The fourth-order valence-electron chi connectivity index (χ4n) is 4.36. The van der Waals surface area contributed by atoms with Gasteiger partial charge >= 0.3 is 5.97 Å². The number of hydrogen-bond acceptors (Lipinski definition) is 4. The van der Waals surface area contributed by atoms with Gasteiger partial charge < -0.3 is 14.2 Å². The van der Waals surface area contributed by atoms with Crippen molar-refractivity contribution in [2.45, 2.75) is 47.0 Å². The van der Waals surface area contributed by atoms with Crippen molar-refractivity contribution in [3.8, 4) is 5.75 Å². The third-order valence-corrected chi connectivity index (χ3v) is 6.53. The Balaban J connectivity index is 1.91. The lowest BCUT2D eigenvalue weighted by Gasteiger charge is -2.21. The summed E-state index contributed by atoms with van der Waals surface area (Å²) in [6.45, 7) is 7.25. The van der Waals surface area contributed by atoms with Gasteiger partial charge in [-0.1, -0.05) is 12.1 Å². The highest BCUT2D eigenvalue weighted by molar-refractivity contribution is 6.02. The number of carbonyl (C=O) groups is 2. The van der Waals surface area contributed by atoms with Crippen LogP contribution in [-0.4, -0.2) is 40.4 Å². The van der Waals surface area contributed by atoms with Gasteiger partial charge in [-0.2, -0.15) is 0 Å². The normalized spacial score (nSPS) is 14.5. The number of esters is 1. The summed E-state index contributed by atoms with van der Waals surface area (Å²) < 4.78 is 21.6. The van der Waals surface area contributed by atoms with Gasteiger partial charge in [-0.15, -0.1) is 0 Å². The second-order valence-corrected chi connectivity index (χ2v) is 10.4. The largest absolute Gasteiger partial charge is 0.423 e. The Hall–Kier alpha value is -3.48. The molecule has 7 heteroatoms. The molecule has 4 rings (SSSR count). The number of nitrogens with zero attached hydrogens (tertiary/aromatic N) is 3. The Labute approximate surface area is 205 Å². The maximum atomic E-state index is 13.7. The molecule has 1 aliphatic carbocycles. The quantitative estimate of drug-likeness (QED) is 0.381. The van der Waals surface area contributed by atoms with E-state index in [0.29, 0.717) is 28.8 Å². The molecular weight excluding hydrogens is 445 g/mol. The molecule has 0 saturated carbocycles. The van der Waals surface area contributed by atoms with Gasteiger partial charge in [0.15, 0.2) is 5.75 Å². The summed E-state index contributed by atoms with van der Waals surface area (Å²) in [6, 6.07) is 6.69. The first-order valence-corrected chi connectivity index (χ1v) is 11.8. The van der Waals surface area contributed by atoms with E-state index in [2.05, 4.69) is 11.1 Å². The lowest BCUT2D eigenvalue weighted by atomic mass is 9.96. The molecule has 0 atom stereocenters. The van der Waals surface area contributed by atoms with E-state index in [4.69, 9.17) is 4.74 Å². The lowest BCUT2D eigenvalue weighted by molar-refractivity contribution is -0.142. The maximum absolute atomic E-state index is 13.7. The summed E-state index contributed by atoms with van der Waals surface area (Å²) in [5.74, 6) is 0.258. The van der Waals surface area contributed by atoms with Crippen molar-refractivity contribution in [2.75, 3.05) is 14.1 Å². The van der Waals surface area contributed by atoms with Crippen LogP contribution < -0.4 is 4.74 Å². The second kappa shape index (κ2) is 8.95. The van der Waals surface area contributed by atoms with Gasteiger partial charge in [0.2, 0.25) is 0 Å². The molecule has 184 valence electrons. The molecule has 1 amide bonds. The lowest BCUT2D eigenvalue weighted by Crippen LogP contribution is -2.27. The SMILES string of the molecule is Cc1nc2c(OC(=O)C(C)(C)C)c(CC=C3CCc4cc(F)ccc43)c(C(=O)N(C)C)cc2n1C. The summed E-state index contributed by atoms with van der Waals surface area (Å²) in [4.78, 5) is 32.5. The highest BCUT2D eigenvalue weighted by atomic mass is 19.1. The smallest absolute Gasteiger partial charge is 0.316 e. The molecule has 0 unspecified atom stereocenters. The van der Waals surface area contributed by atoms with Crippen LogP contribution in [0.3, 0.4) is 0 Å². The van der Waals surface area contributed by atoms with Crippen LogP contribution in [-0.2, 0) is 24.7 Å². The molecule has 0 spiro atoms. The molecule has 3 aromatic rings. The van der Waals surface area contributed by atoms with Crippen molar-refractivity contribution in [2.24, 2.45) is 12.5 Å². The van der Waals surface area contributed by atoms with Gasteiger partial charge in [-0.3, -0.25) is 9.59 Å². The topological polar surface area (TPSA) is 64.4 Å². The van der Waals surface area contributed by atoms with Crippen LogP contribution in [0.1, 0.15) is 60.1 Å². The Morgan fingerprint density at radius 3 is 2.57 bits per heavy atom. The van der Waals surface area contributed by atoms with Gasteiger partial charge in [0.25, 0.3) is 5.91 Å². The van der Waals surface area contributed by atoms with E-state index in [1.54, 1.807) is 47.0 Å². The fraction of sp³-hybridized carbons (Fsp3) is 0.393. The van der Waals surface area contributed by atoms with E-state index in [9.17, 15) is 14.0 Å². The van der Waals surface area contributed by atoms with Crippen molar-refractivity contribution >= 4 is 28.5 Å². The maximum Gasteiger partial charge on any atom is 0.316 e. The molecule has 0 saturated heterocycles. The zero-order valence-corrected chi connectivity index (χ0v) is 21.5. The van der Waals surface area contributed by atoms with Crippen LogP contribution in [0.4, 0.5) is 4.39 Å². The van der Waals surface area contributed by atoms with Crippen LogP contribution in [0, 0.1) is 18.2 Å². The van der Waals surface area contributed by atoms with E-state index in [-0.39, 0.29) is 11.7 Å². The zero-order valence-electron chi connectivity index (χ0n) is 21.5. The number of amides is 1. The third kappa shape index (κ3) is 4.59. The molecule has 0 aliphatic heterocycles. The number of ether oxygens (including phenoxy) is 1. The highest BCUT2D eigenvalue weighted by Crippen LogP contribution is 2.38. The first-order chi connectivity index (χ1) is 16.4. The van der Waals surface area contributed by atoms with E-state index < -0.39 is 11.4 Å². The molecular formula is C28H32FN3O3. The van der Waals surface area contributed by atoms with Crippen LogP contribution in [0.5, 0.6) is 5.75 Å². The average Bonchev–Trinajstić information content (AvgIpc) is 3.31. The van der Waals surface area contributed by atoms with Gasteiger partial charge in [0, 0.05) is 32.3 Å². The first-order valence-electron chi connectivity index (χ1n) is 11.8. The Kier molecular flexibility index (Phi) is 6.30. The standard InChI is InChI=1S/C28H32FN3O3/c1-16-30-24-23(32(16)7)15-22(26(33)31(5)6)21(25(24)35-27(34)28(2,3)4)12-10-17-8-9-18-14-19(29)11-13-20(17)18/h10-11,13-15H,8-9,12H2,1-7H3. The molecule has 1 aromatic heterocycles. The number of imidazole rings is 1. The first kappa shape index (κ1) is 24.6. The van der Waals surface area contributed by atoms with Gasteiger partial charge in [0.05, 0.1) is 10.9 Å². The number of aromatic nitrogens is 2. The number of carbonyl (C=O) groups excluding carboxylic acids is 2. The van der Waals surface area contributed by atoms with E-state index in [1.165, 1.54) is 11.0 Å². The van der Waals surface area contributed by atoms with E-state index in [0.717, 1.165) is 40.9 Å². The van der Waals surface area contributed by atoms with Crippen LogP contribution >= 0.6 is 0 Å². The summed E-state index contributed by atoms with van der Waals surface area (Å²) in [7, 11) is 5.28. The summed E-state index contributed by atoms with van der Waals surface area (Å²) in [5, 5.41) is 0. The molecule has 2 aromatic carbocycles. The average molecular weight is 478 g/mol. The number of aryl methyl sites for hydroxylation is 3. The molecule has 0 bridgehead atoms. The molecule has 1 heterocycles. The van der Waals surface area contributed by atoms with Crippen molar-refractivity contribution in [1.82, 2.24) is 14.5 Å². The second-order valence-electron chi connectivity index (χ2n) is 10.4. The minimum absolute atomic E-state index is 0.180. The van der Waals surface area contributed by atoms with Crippen LogP contribution in [0.15, 0.2) is 30.3 Å². The van der Waals surface area contributed by atoms with Gasteiger partial charge in [-0.25, -0.2) is 9.37 Å². The van der Waals surface area contributed by atoms with Crippen molar-refractivity contribution < 1.29 is 18.7 Å². The number of benzene rings is 2. The number of fused-ring (bicyclic) bond motifs is 2. The number of halogens is 1. The molecule has 6 nitrogen and oxygen atoms in total. The Morgan fingerprint density at radius 2 is 1.91 bits per heavy atom. The van der Waals surface area contributed by atoms with Crippen molar-refractivity contribution in [1.29, 1.82) is 0 Å². The van der Waals surface area contributed by atoms with Crippen LogP contribution in [0.25, 0.3) is 16.6 Å². The summed E-state index contributed by atoms with van der Waals surface area (Å²) in [5.41, 5.74) is 4.73. The predicted octanol–water partition coefficient (Wildman–Crippen LogP) is 5.25. The van der Waals surface area contributed by atoms with Gasteiger partial charge in [-0.05, 0) is 81.9 Å². The minimum Gasteiger partial charge on any atom is -0.423 e.